The third kappa shape index (κ3) is 2.03. The van der Waals surface area contributed by atoms with Crippen molar-refractivity contribution in [3.8, 4) is 11.1 Å². The number of halogens is 1. The third-order valence-corrected chi connectivity index (χ3v) is 3.08. The molecule has 1 N–H and O–H groups in total. The fraction of sp³-hybridized carbons (Fsp3) is 0.143. The van der Waals surface area contributed by atoms with Gasteiger partial charge in [0.25, 0.3) is 0 Å². The van der Waals surface area contributed by atoms with Gasteiger partial charge in [0, 0.05) is 43.0 Å². The number of hydrogen-bond donors (Lipinski definition) is 1. The van der Waals surface area contributed by atoms with E-state index < -0.39 is 0 Å². The maximum absolute atomic E-state index is 14.1. The number of anilines is 1. The number of hydrogen-bond acceptors (Lipinski definition) is 3. The second-order valence-electron chi connectivity index (χ2n) is 4.40. The molecular formula is C14H13FN4. The minimum absolute atomic E-state index is 0.264. The fourth-order valence-corrected chi connectivity index (χ4v) is 2.08. The SMILES string of the molecule is CNc1cc2cc(-c3cnn(C)c3)c(F)cc2cn1. The Morgan fingerprint density at radius 3 is 2.68 bits per heavy atom. The zero-order valence-electron chi connectivity index (χ0n) is 10.7. The van der Waals surface area contributed by atoms with E-state index in [1.807, 2.05) is 19.2 Å². The topological polar surface area (TPSA) is 42.7 Å². The molecule has 2 heterocycles. The van der Waals surface area contributed by atoms with Crippen LogP contribution in [0.2, 0.25) is 0 Å². The van der Waals surface area contributed by atoms with Crippen molar-refractivity contribution in [2.45, 2.75) is 0 Å². The average Bonchev–Trinajstić information content (AvgIpc) is 2.84. The molecule has 0 spiro atoms. The van der Waals surface area contributed by atoms with Crippen LogP contribution in [-0.4, -0.2) is 21.8 Å². The lowest BCUT2D eigenvalue weighted by atomic mass is 10.0. The molecule has 0 aliphatic rings. The van der Waals surface area contributed by atoms with Gasteiger partial charge >= 0.3 is 0 Å². The molecule has 0 saturated carbocycles. The summed E-state index contributed by atoms with van der Waals surface area (Å²) in [6.07, 6.45) is 5.12. The second kappa shape index (κ2) is 4.35. The quantitative estimate of drug-likeness (QED) is 0.766. The highest BCUT2D eigenvalue weighted by atomic mass is 19.1. The molecule has 0 unspecified atom stereocenters. The number of nitrogens with zero attached hydrogens (tertiary/aromatic N) is 3. The van der Waals surface area contributed by atoms with Gasteiger partial charge in [0.2, 0.25) is 0 Å². The van der Waals surface area contributed by atoms with E-state index in [0.717, 1.165) is 22.2 Å². The van der Waals surface area contributed by atoms with Crippen molar-refractivity contribution in [3.05, 3.63) is 42.6 Å². The van der Waals surface area contributed by atoms with E-state index >= 15 is 0 Å². The van der Waals surface area contributed by atoms with Crippen LogP contribution in [0.1, 0.15) is 0 Å². The van der Waals surface area contributed by atoms with Gasteiger partial charge < -0.3 is 5.32 Å². The van der Waals surface area contributed by atoms with E-state index in [1.54, 1.807) is 30.3 Å². The van der Waals surface area contributed by atoms with Gasteiger partial charge in [0.1, 0.15) is 11.6 Å². The zero-order valence-corrected chi connectivity index (χ0v) is 10.7. The van der Waals surface area contributed by atoms with Crippen molar-refractivity contribution < 1.29 is 4.39 Å². The van der Waals surface area contributed by atoms with E-state index in [1.165, 1.54) is 6.07 Å². The van der Waals surface area contributed by atoms with Crippen LogP contribution in [0.25, 0.3) is 21.9 Å². The first-order valence-electron chi connectivity index (χ1n) is 5.93. The monoisotopic (exact) mass is 256 g/mol. The predicted molar refractivity (Wildman–Crippen MR) is 73.4 cm³/mol. The minimum atomic E-state index is -0.264. The molecule has 0 bridgehead atoms. The first-order valence-corrected chi connectivity index (χ1v) is 5.93. The lowest BCUT2D eigenvalue weighted by molar-refractivity contribution is 0.633. The van der Waals surface area contributed by atoms with Crippen molar-refractivity contribution in [2.75, 3.05) is 12.4 Å². The van der Waals surface area contributed by atoms with Gasteiger partial charge in [0.15, 0.2) is 0 Å². The number of pyridine rings is 1. The number of aryl methyl sites for hydroxylation is 1. The number of rotatable bonds is 2. The fourth-order valence-electron chi connectivity index (χ4n) is 2.08. The standard InChI is InChI=1S/C14H13FN4/c1-16-14-5-9-3-12(11-7-18-19(2)8-11)13(15)4-10(9)6-17-14/h3-8H,1-2H3,(H,16,17). The van der Waals surface area contributed by atoms with Crippen molar-refractivity contribution in [1.29, 1.82) is 0 Å². The summed E-state index contributed by atoms with van der Waals surface area (Å²) < 4.78 is 15.8. The number of aromatic nitrogens is 3. The van der Waals surface area contributed by atoms with Crippen molar-refractivity contribution >= 4 is 16.6 Å². The molecule has 0 atom stereocenters. The molecule has 19 heavy (non-hydrogen) atoms. The summed E-state index contributed by atoms with van der Waals surface area (Å²) in [5.74, 6) is 0.496. The summed E-state index contributed by atoms with van der Waals surface area (Å²) in [4.78, 5) is 4.18. The Kier molecular flexibility index (Phi) is 2.67. The highest BCUT2D eigenvalue weighted by molar-refractivity contribution is 5.88. The Morgan fingerprint density at radius 1 is 1.16 bits per heavy atom. The molecular weight excluding hydrogens is 243 g/mol. The Morgan fingerprint density at radius 2 is 2.00 bits per heavy atom. The van der Waals surface area contributed by atoms with Gasteiger partial charge in [-0.3, -0.25) is 4.68 Å². The zero-order chi connectivity index (χ0) is 13.4. The highest BCUT2D eigenvalue weighted by Crippen LogP contribution is 2.28. The molecule has 0 saturated heterocycles. The Labute approximate surface area is 109 Å². The summed E-state index contributed by atoms with van der Waals surface area (Å²) in [5, 5.41) is 8.77. The smallest absolute Gasteiger partial charge is 0.131 e. The van der Waals surface area contributed by atoms with Crippen LogP contribution in [0.3, 0.4) is 0 Å². The summed E-state index contributed by atoms with van der Waals surface area (Å²) in [6.45, 7) is 0. The second-order valence-corrected chi connectivity index (χ2v) is 4.40. The lowest BCUT2D eigenvalue weighted by Crippen LogP contribution is -1.92. The summed E-state index contributed by atoms with van der Waals surface area (Å²) in [6, 6.07) is 5.23. The van der Waals surface area contributed by atoms with Gasteiger partial charge in [-0.15, -0.1) is 0 Å². The van der Waals surface area contributed by atoms with Crippen molar-refractivity contribution in [3.63, 3.8) is 0 Å². The molecule has 0 amide bonds. The van der Waals surface area contributed by atoms with E-state index in [0.29, 0.717) is 5.56 Å². The van der Waals surface area contributed by atoms with Crippen LogP contribution in [0.4, 0.5) is 10.2 Å². The summed E-state index contributed by atoms with van der Waals surface area (Å²) in [7, 11) is 3.62. The molecule has 0 aliphatic carbocycles. The minimum Gasteiger partial charge on any atom is -0.373 e. The van der Waals surface area contributed by atoms with Gasteiger partial charge in [-0.25, -0.2) is 9.37 Å². The normalized spacial score (nSPS) is 10.9. The molecule has 96 valence electrons. The Bertz CT molecular complexity index is 748. The molecule has 2 aromatic heterocycles. The van der Waals surface area contributed by atoms with Crippen LogP contribution in [0, 0.1) is 5.82 Å². The highest BCUT2D eigenvalue weighted by Gasteiger charge is 2.09. The van der Waals surface area contributed by atoms with E-state index in [-0.39, 0.29) is 5.82 Å². The molecule has 3 rings (SSSR count). The largest absolute Gasteiger partial charge is 0.373 e. The first kappa shape index (κ1) is 11.6. The molecule has 0 fully saturated rings. The Balaban J connectivity index is 2.22. The van der Waals surface area contributed by atoms with Crippen LogP contribution in [0.5, 0.6) is 0 Å². The molecule has 3 aromatic rings. The molecule has 0 aliphatic heterocycles. The molecule has 0 radical (unpaired) electrons. The van der Waals surface area contributed by atoms with Crippen LogP contribution < -0.4 is 5.32 Å². The summed E-state index contributed by atoms with van der Waals surface area (Å²) in [5.41, 5.74) is 1.32. The molecule has 5 heteroatoms. The van der Waals surface area contributed by atoms with Crippen LogP contribution >= 0.6 is 0 Å². The van der Waals surface area contributed by atoms with E-state index in [2.05, 4.69) is 15.4 Å². The van der Waals surface area contributed by atoms with Crippen molar-refractivity contribution in [2.24, 2.45) is 7.05 Å². The van der Waals surface area contributed by atoms with Crippen LogP contribution in [-0.2, 0) is 7.05 Å². The van der Waals surface area contributed by atoms with Crippen LogP contribution in [0.15, 0.2) is 36.8 Å². The average molecular weight is 256 g/mol. The number of benzene rings is 1. The van der Waals surface area contributed by atoms with E-state index in [9.17, 15) is 4.39 Å². The van der Waals surface area contributed by atoms with Gasteiger partial charge in [-0.1, -0.05) is 0 Å². The lowest BCUT2D eigenvalue weighted by Gasteiger charge is -2.05. The van der Waals surface area contributed by atoms with Gasteiger partial charge in [-0.05, 0) is 23.6 Å². The summed E-state index contributed by atoms with van der Waals surface area (Å²) >= 11 is 0. The predicted octanol–water partition coefficient (Wildman–Crippen LogP) is 2.82. The molecule has 1 aromatic carbocycles. The van der Waals surface area contributed by atoms with E-state index in [4.69, 9.17) is 0 Å². The van der Waals surface area contributed by atoms with Gasteiger partial charge in [0.05, 0.1) is 6.20 Å². The van der Waals surface area contributed by atoms with Crippen molar-refractivity contribution in [1.82, 2.24) is 14.8 Å². The number of fused-ring (bicyclic) bond motifs is 1. The molecule has 4 nitrogen and oxygen atoms in total. The maximum Gasteiger partial charge on any atom is 0.131 e. The third-order valence-electron chi connectivity index (χ3n) is 3.08. The number of nitrogens with one attached hydrogen (secondary N) is 1. The first-order chi connectivity index (χ1) is 9.17. The maximum atomic E-state index is 14.1. The van der Waals surface area contributed by atoms with Gasteiger partial charge in [-0.2, -0.15) is 5.10 Å². The Hall–Kier alpha value is -2.43.